The minimum atomic E-state index is -0.328. The first-order valence-corrected chi connectivity index (χ1v) is 10.0. The van der Waals surface area contributed by atoms with Crippen LogP contribution in [-0.4, -0.2) is 62.1 Å². The number of rotatable bonds is 7. The highest BCUT2D eigenvalue weighted by Gasteiger charge is 2.30. The molecule has 5 nitrogen and oxygen atoms in total. The summed E-state index contributed by atoms with van der Waals surface area (Å²) in [6.07, 6.45) is 0. The van der Waals surface area contributed by atoms with Gasteiger partial charge < -0.3 is 10.1 Å². The van der Waals surface area contributed by atoms with E-state index in [1.807, 2.05) is 49.4 Å². The van der Waals surface area contributed by atoms with E-state index in [4.69, 9.17) is 16.3 Å². The van der Waals surface area contributed by atoms with Gasteiger partial charge >= 0.3 is 0 Å². The van der Waals surface area contributed by atoms with Gasteiger partial charge in [-0.15, -0.1) is 0 Å². The number of anilines is 1. The molecule has 1 aliphatic rings. The number of benzene rings is 2. The van der Waals surface area contributed by atoms with Crippen LogP contribution in [0.1, 0.15) is 17.2 Å². The molecule has 0 aromatic heterocycles. The molecule has 1 aliphatic heterocycles. The lowest BCUT2D eigenvalue weighted by Gasteiger charge is -2.38. The summed E-state index contributed by atoms with van der Waals surface area (Å²) in [5.74, 6) is -0.0311. The van der Waals surface area contributed by atoms with E-state index in [0.29, 0.717) is 5.02 Å². The third-order valence-electron chi connectivity index (χ3n) is 5.19. The van der Waals surface area contributed by atoms with Crippen LogP contribution in [0.15, 0.2) is 48.5 Å². The number of nitrogens with zero attached hydrogens (tertiary/aromatic N) is 2. The standard InChI is InChI=1S/C22H28ClN3O2/c1-17-8-9-19(16-20(17)23)24-22(27)21(18-6-4-3-5-7-18)26-12-10-25(11-13-26)14-15-28-2/h3-9,16,21H,10-15H2,1-2H3,(H,24,27)/t21-/m1/s1. The van der Waals surface area contributed by atoms with Crippen LogP contribution in [0.2, 0.25) is 5.02 Å². The fourth-order valence-corrected chi connectivity index (χ4v) is 3.69. The normalized spacial score (nSPS) is 16.7. The molecule has 3 rings (SSSR count). The van der Waals surface area contributed by atoms with Crippen LogP contribution in [-0.2, 0) is 9.53 Å². The highest BCUT2D eigenvalue weighted by atomic mass is 35.5. The Morgan fingerprint density at radius 2 is 1.86 bits per heavy atom. The maximum absolute atomic E-state index is 13.2. The highest BCUT2D eigenvalue weighted by Crippen LogP contribution is 2.26. The summed E-state index contributed by atoms with van der Waals surface area (Å²) in [5, 5.41) is 3.71. The molecular formula is C22H28ClN3O2. The number of carbonyl (C=O) groups is 1. The maximum atomic E-state index is 13.2. The zero-order valence-corrected chi connectivity index (χ0v) is 17.3. The van der Waals surface area contributed by atoms with Crippen LogP contribution in [0.5, 0.6) is 0 Å². The van der Waals surface area contributed by atoms with Crippen molar-refractivity contribution in [1.29, 1.82) is 0 Å². The lowest BCUT2D eigenvalue weighted by molar-refractivity contribution is -0.122. The van der Waals surface area contributed by atoms with E-state index in [0.717, 1.165) is 56.1 Å². The fourth-order valence-electron chi connectivity index (χ4n) is 3.51. The summed E-state index contributed by atoms with van der Waals surface area (Å²) >= 11 is 6.22. The molecule has 0 unspecified atom stereocenters. The third-order valence-corrected chi connectivity index (χ3v) is 5.59. The average molecular weight is 402 g/mol. The molecule has 0 radical (unpaired) electrons. The Morgan fingerprint density at radius 3 is 2.50 bits per heavy atom. The van der Waals surface area contributed by atoms with Crippen molar-refractivity contribution < 1.29 is 9.53 Å². The Labute approximate surface area is 172 Å². The molecule has 2 aromatic carbocycles. The molecule has 0 bridgehead atoms. The Morgan fingerprint density at radius 1 is 1.14 bits per heavy atom. The average Bonchev–Trinajstić information content (AvgIpc) is 2.71. The molecule has 1 heterocycles. The Hall–Kier alpha value is -1.92. The summed E-state index contributed by atoms with van der Waals surface area (Å²) in [6.45, 7) is 7.14. The van der Waals surface area contributed by atoms with Crippen molar-refractivity contribution in [3.8, 4) is 0 Å². The highest BCUT2D eigenvalue weighted by molar-refractivity contribution is 6.31. The predicted octanol–water partition coefficient (Wildman–Crippen LogP) is 3.59. The van der Waals surface area contributed by atoms with E-state index in [2.05, 4.69) is 15.1 Å². The number of aryl methyl sites for hydroxylation is 1. The van der Waals surface area contributed by atoms with Crippen LogP contribution in [0.25, 0.3) is 0 Å². The molecule has 0 saturated carbocycles. The second-order valence-electron chi connectivity index (χ2n) is 7.14. The van der Waals surface area contributed by atoms with Crippen molar-refractivity contribution in [2.24, 2.45) is 0 Å². The molecule has 0 spiro atoms. The molecule has 1 fully saturated rings. The third kappa shape index (κ3) is 5.32. The van der Waals surface area contributed by atoms with Crippen molar-refractivity contribution in [2.45, 2.75) is 13.0 Å². The summed E-state index contributed by atoms with van der Waals surface area (Å²) < 4.78 is 5.18. The van der Waals surface area contributed by atoms with Crippen LogP contribution >= 0.6 is 11.6 Å². The van der Waals surface area contributed by atoms with Crippen molar-refractivity contribution >= 4 is 23.2 Å². The molecule has 0 aliphatic carbocycles. The monoisotopic (exact) mass is 401 g/mol. The lowest BCUT2D eigenvalue weighted by atomic mass is 10.0. The number of hydrogen-bond donors (Lipinski definition) is 1. The molecule has 28 heavy (non-hydrogen) atoms. The van der Waals surface area contributed by atoms with Crippen LogP contribution < -0.4 is 5.32 Å². The van der Waals surface area contributed by atoms with E-state index in [1.165, 1.54) is 0 Å². The molecule has 1 atom stereocenters. The number of amides is 1. The van der Waals surface area contributed by atoms with Gasteiger partial charge in [0.1, 0.15) is 6.04 Å². The van der Waals surface area contributed by atoms with E-state index in [9.17, 15) is 4.79 Å². The number of halogens is 1. The van der Waals surface area contributed by atoms with Crippen molar-refractivity contribution in [1.82, 2.24) is 9.80 Å². The Bertz CT molecular complexity index is 777. The van der Waals surface area contributed by atoms with Crippen molar-refractivity contribution in [2.75, 3.05) is 51.8 Å². The van der Waals surface area contributed by atoms with Gasteiger partial charge in [0.15, 0.2) is 0 Å². The Balaban J connectivity index is 1.74. The molecule has 1 amide bonds. The van der Waals surface area contributed by atoms with Crippen LogP contribution in [0, 0.1) is 6.92 Å². The Kier molecular flexibility index (Phi) is 7.45. The van der Waals surface area contributed by atoms with Gasteiger partial charge in [0.2, 0.25) is 5.91 Å². The zero-order valence-electron chi connectivity index (χ0n) is 16.5. The number of piperazine rings is 1. The molecular weight excluding hydrogens is 374 g/mol. The number of hydrogen-bond acceptors (Lipinski definition) is 4. The van der Waals surface area contributed by atoms with Gasteiger partial charge in [-0.1, -0.05) is 48.0 Å². The van der Waals surface area contributed by atoms with Gasteiger partial charge in [-0.05, 0) is 30.2 Å². The first-order chi connectivity index (χ1) is 13.6. The van der Waals surface area contributed by atoms with Gasteiger partial charge in [0.05, 0.1) is 6.61 Å². The van der Waals surface area contributed by atoms with E-state index >= 15 is 0 Å². The largest absolute Gasteiger partial charge is 0.383 e. The number of carbonyl (C=O) groups excluding carboxylic acids is 1. The van der Waals surface area contributed by atoms with Gasteiger partial charge in [-0.3, -0.25) is 14.6 Å². The van der Waals surface area contributed by atoms with E-state index < -0.39 is 0 Å². The van der Waals surface area contributed by atoms with Crippen LogP contribution in [0.4, 0.5) is 5.69 Å². The zero-order chi connectivity index (χ0) is 19.9. The fraction of sp³-hybridized carbons (Fsp3) is 0.409. The molecule has 150 valence electrons. The summed E-state index contributed by atoms with van der Waals surface area (Å²) in [4.78, 5) is 17.9. The van der Waals surface area contributed by atoms with Gasteiger partial charge in [0.25, 0.3) is 0 Å². The number of ether oxygens (including phenoxy) is 1. The predicted molar refractivity (Wildman–Crippen MR) is 114 cm³/mol. The second-order valence-corrected chi connectivity index (χ2v) is 7.54. The lowest BCUT2D eigenvalue weighted by Crippen LogP contribution is -2.50. The number of methoxy groups -OCH3 is 1. The van der Waals surface area contributed by atoms with E-state index in [-0.39, 0.29) is 11.9 Å². The summed E-state index contributed by atoms with van der Waals surface area (Å²) in [6, 6.07) is 15.3. The van der Waals surface area contributed by atoms with Crippen molar-refractivity contribution in [3.63, 3.8) is 0 Å². The maximum Gasteiger partial charge on any atom is 0.246 e. The molecule has 6 heteroatoms. The smallest absolute Gasteiger partial charge is 0.246 e. The minimum Gasteiger partial charge on any atom is -0.383 e. The van der Waals surface area contributed by atoms with Crippen molar-refractivity contribution in [3.05, 3.63) is 64.7 Å². The topological polar surface area (TPSA) is 44.8 Å². The number of nitrogens with one attached hydrogen (secondary N) is 1. The van der Waals surface area contributed by atoms with Gasteiger partial charge in [-0.25, -0.2) is 0 Å². The first kappa shape index (κ1) is 20.8. The van der Waals surface area contributed by atoms with Gasteiger partial charge in [0, 0.05) is 50.5 Å². The molecule has 1 N–H and O–H groups in total. The summed E-state index contributed by atoms with van der Waals surface area (Å²) in [7, 11) is 1.73. The molecule has 1 saturated heterocycles. The van der Waals surface area contributed by atoms with Gasteiger partial charge in [-0.2, -0.15) is 0 Å². The quantitative estimate of drug-likeness (QED) is 0.770. The second kappa shape index (κ2) is 10.0. The van der Waals surface area contributed by atoms with Crippen LogP contribution in [0.3, 0.4) is 0 Å². The molecule has 2 aromatic rings. The first-order valence-electron chi connectivity index (χ1n) is 9.66. The summed E-state index contributed by atoms with van der Waals surface area (Å²) in [5.41, 5.74) is 2.72. The minimum absolute atomic E-state index is 0.0311. The van der Waals surface area contributed by atoms with E-state index in [1.54, 1.807) is 13.2 Å². The SMILES string of the molecule is COCCN1CCN([C@@H](C(=O)Nc2ccc(C)c(Cl)c2)c2ccccc2)CC1.